The van der Waals surface area contributed by atoms with Crippen LogP contribution in [-0.4, -0.2) is 23.4 Å². The number of hydrogen-bond donors (Lipinski definition) is 1. The molecule has 0 heterocycles. The molecule has 0 saturated carbocycles. The Balaban J connectivity index is 0. The molecule has 0 aromatic rings. The van der Waals surface area contributed by atoms with Crippen molar-refractivity contribution in [2.75, 3.05) is 7.11 Å². The molecule has 0 fully saturated rings. The van der Waals surface area contributed by atoms with Gasteiger partial charge < -0.3 is 9.94 Å². The molecule has 0 bridgehead atoms. The molecule has 0 aliphatic heterocycles. The summed E-state index contributed by atoms with van der Waals surface area (Å²) in [4.78, 5) is 18.2. The van der Waals surface area contributed by atoms with Crippen LogP contribution < -0.4 is 0 Å². The van der Waals surface area contributed by atoms with Gasteiger partial charge in [-0.25, -0.2) is 4.79 Å². The lowest BCUT2D eigenvalue weighted by molar-refractivity contribution is -0.742. The SMILES string of the molecule is C=CC(=O)OC.O=[N+]([O-])O. The van der Waals surface area contributed by atoms with E-state index in [9.17, 15) is 4.79 Å². The minimum atomic E-state index is -1.50. The highest BCUT2D eigenvalue weighted by atomic mass is 16.9. The Kier molecular flexibility index (Phi) is 8.33. The summed E-state index contributed by atoms with van der Waals surface area (Å²) in [5.41, 5.74) is 0. The average molecular weight is 149 g/mol. The van der Waals surface area contributed by atoms with Gasteiger partial charge in [-0.1, -0.05) is 6.58 Å². The second kappa shape index (κ2) is 7.41. The lowest BCUT2D eigenvalue weighted by atomic mass is 10.7. The van der Waals surface area contributed by atoms with Crippen molar-refractivity contribution in [3.8, 4) is 0 Å². The van der Waals surface area contributed by atoms with Gasteiger partial charge in [0.1, 0.15) is 0 Å². The number of carbonyl (C=O) groups is 1. The zero-order valence-electron chi connectivity index (χ0n) is 5.31. The third kappa shape index (κ3) is 32.3. The lowest BCUT2D eigenvalue weighted by Crippen LogP contribution is -1.91. The number of esters is 1. The first-order valence-electron chi connectivity index (χ1n) is 2.08. The number of carbonyl (C=O) groups excluding carboxylic acids is 1. The third-order valence-corrected chi connectivity index (χ3v) is 0.368. The first-order valence-corrected chi connectivity index (χ1v) is 2.08. The van der Waals surface area contributed by atoms with Crippen LogP contribution in [0.25, 0.3) is 0 Å². The molecule has 10 heavy (non-hydrogen) atoms. The van der Waals surface area contributed by atoms with Gasteiger partial charge in [-0.05, 0) is 0 Å². The Bertz CT molecular complexity index is 128. The van der Waals surface area contributed by atoms with Crippen molar-refractivity contribution in [2.45, 2.75) is 0 Å². The summed E-state index contributed by atoms with van der Waals surface area (Å²) in [6, 6.07) is 0. The molecule has 1 N–H and O–H groups in total. The van der Waals surface area contributed by atoms with E-state index in [1.807, 2.05) is 0 Å². The molecule has 0 amide bonds. The molecule has 0 atom stereocenters. The molecule has 0 aromatic carbocycles. The number of methoxy groups -OCH3 is 1. The van der Waals surface area contributed by atoms with Crippen molar-refractivity contribution in [1.82, 2.24) is 0 Å². The highest BCUT2D eigenvalue weighted by Crippen LogP contribution is 1.67. The predicted molar refractivity (Wildman–Crippen MR) is 31.0 cm³/mol. The highest BCUT2D eigenvalue weighted by molar-refractivity contribution is 5.80. The molecular formula is C4H7NO5. The summed E-state index contributed by atoms with van der Waals surface area (Å²) in [6.07, 6.45) is 1.11. The molecule has 0 aliphatic rings. The van der Waals surface area contributed by atoms with Crippen molar-refractivity contribution in [1.29, 1.82) is 0 Å². The fourth-order valence-electron chi connectivity index (χ4n) is 0.0833. The first-order chi connectivity index (χ1) is 4.54. The number of ether oxygens (including phenoxy) is 1. The molecule has 0 spiro atoms. The van der Waals surface area contributed by atoms with Crippen LogP contribution >= 0.6 is 0 Å². The third-order valence-electron chi connectivity index (χ3n) is 0.368. The summed E-state index contributed by atoms with van der Waals surface area (Å²) in [6.45, 7) is 3.16. The minimum absolute atomic E-state index is 0.394. The predicted octanol–water partition coefficient (Wildman–Crippen LogP) is -0.00230. The zero-order chi connectivity index (χ0) is 8.57. The van der Waals surface area contributed by atoms with Gasteiger partial charge in [0.05, 0.1) is 7.11 Å². The summed E-state index contributed by atoms with van der Waals surface area (Å²) in [5, 5.41) is 13.6. The quantitative estimate of drug-likeness (QED) is 0.245. The second-order valence-corrected chi connectivity index (χ2v) is 0.965. The molecular weight excluding hydrogens is 142 g/mol. The Hall–Kier alpha value is -1.59. The highest BCUT2D eigenvalue weighted by Gasteiger charge is 1.81. The monoisotopic (exact) mass is 149 g/mol. The standard InChI is InChI=1S/C4H6O2.HNO3/c1-3-4(5)6-2;2-1(3)4/h3H,1H2,2H3;(H,2,3,4). The van der Waals surface area contributed by atoms with E-state index in [4.69, 9.17) is 15.3 Å². The van der Waals surface area contributed by atoms with Crippen molar-refractivity contribution < 1.29 is 19.8 Å². The Morgan fingerprint density at radius 2 is 2.20 bits per heavy atom. The molecule has 0 radical (unpaired) electrons. The van der Waals surface area contributed by atoms with E-state index in [0.717, 1.165) is 6.08 Å². The Labute approximate surface area is 56.8 Å². The van der Waals surface area contributed by atoms with Crippen LogP contribution in [0.5, 0.6) is 0 Å². The maximum Gasteiger partial charge on any atom is 0.329 e. The van der Waals surface area contributed by atoms with Crippen molar-refractivity contribution in [2.24, 2.45) is 0 Å². The number of nitrogens with zero attached hydrogens (tertiary/aromatic N) is 1. The van der Waals surface area contributed by atoms with Crippen LogP contribution in [-0.2, 0) is 9.53 Å². The van der Waals surface area contributed by atoms with Crippen molar-refractivity contribution in [3.63, 3.8) is 0 Å². The number of hydrogen-bond acceptors (Lipinski definition) is 4. The molecule has 0 saturated heterocycles. The van der Waals surface area contributed by atoms with Crippen LogP contribution in [0.2, 0.25) is 0 Å². The van der Waals surface area contributed by atoms with Crippen LogP contribution in [0.3, 0.4) is 0 Å². The van der Waals surface area contributed by atoms with Crippen LogP contribution in [0.15, 0.2) is 12.7 Å². The van der Waals surface area contributed by atoms with E-state index in [1.165, 1.54) is 7.11 Å². The van der Waals surface area contributed by atoms with Crippen LogP contribution in [0.4, 0.5) is 0 Å². The summed E-state index contributed by atoms with van der Waals surface area (Å²) in [5.74, 6) is -0.394. The fraction of sp³-hybridized carbons (Fsp3) is 0.250. The van der Waals surface area contributed by atoms with E-state index < -0.39 is 11.1 Å². The Morgan fingerprint density at radius 3 is 2.20 bits per heavy atom. The average Bonchev–Trinajstić information content (AvgIpc) is 1.85. The maximum atomic E-state index is 9.84. The summed E-state index contributed by atoms with van der Waals surface area (Å²) in [7, 11) is 1.31. The van der Waals surface area contributed by atoms with Crippen LogP contribution in [0, 0.1) is 10.1 Å². The molecule has 0 rings (SSSR count). The zero-order valence-corrected chi connectivity index (χ0v) is 5.31. The minimum Gasteiger partial charge on any atom is -0.466 e. The molecule has 58 valence electrons. The van der Waals surface area contributed by atoms with Crippen molar-refractivity contribution in [3.05, 3.63) is 22.8 Å². The van der Waals surface area contributed by atoms with Gasteiger partial charge in [-0.3, -0.25) is 0 Å². The van der Waals surface area contributed by atoms with Gasteiger partial charge in [0.15, 0.2) is 0 Å². The molecule has 0 aliphatic carbocycles. The molecule has 6 nitrogen and oxygen atoms in total. The van der Waals surface area contributed by atoms with E-state index in [-0.39, 0.29) is 0 Å². The summed E-state index contributed by atoms with van der Waals surface area (Å²) >= 11 is 0. The lowest BCUT2D eigenvalue weighted by Gasteiger charge is -1.83. The largest absolute Gasteiger partial charge is 0.466 e. The molecule has 6 heteroatoms. The molecule has 0 aromatic heterocycles. The topological polar surface area (TPSA) is 89.7 Å². The first kappa shape index (κ1) is 11.2. The second-order valence-electron chi connectivity index (χ2n) is 0.965. The van der Waals surface area contributed by atoms with Gasteiger partial charge in [0.2, 0.25) is 0 Å². The van der Waals surface area contributed by atoms with Gasteiger partial charge in [0, 0.05) is 6.08 Å². The number of rotatable bonds is 1. The van der Waals surface area contributed by atoms with Crippen molar-refractivity contribution >= 4 is 5.97 Å². The van der Waals surface area contributed by atoms with Crippen LogP contribution in [0.1, 0.15) is 0 Å². The van der Waals surface area contributed by atoms with E-state index >= 15 is 0 Å². The summed E-state index contributed by atoms with van der Waals surface area (Å²) < 4.78 is 4.14. The van der Waals surface area contributed by atoms with Gasteiger partial charge in [-0.2, -0.15) is 0 Å². The smallest absolute Gasteiger partial charge is 0.329 e. The Morgan fingerprint density at radius 1 is 1.90 bits per heavy atom. The van der Waals surface area contributed by atoms with E-state index in [1.54, 1.807) is 0 Å². The van der Waals surface area contributed by atoms with Gasteiger partial charge in [0.25, 0.3) is 5.09 Å². The van der Waals surface area contributed by atoms with E-state index in [0.29, 0.717) is 0 Å². The van der Waals surface area contributed by atoms with Gasteiger partial charge in [-0.15, -0.1) is 10.1 Å². The fourth-order valence-corrected chi connectivity index (χ4v) is 0.0833. The maximum absolute atomic E-state index is 9.84. The normalized spacial score (nSPS) is 6.50. The van der Waals surface area contributed by atoms with E-state index in [2.05, 4.69) is 11.3 Å². The van der Waals surface area contributed by atoms with Gasteiger partial charge >= 0.3 is 5.97 Å². The molecule has 0 unspecified atom stereocenters.